The molecule has 0 saturated carbocycles. The van der Waals surface area contributed by atoms with Crippen LogP contribution in [0.2, 0.25) is 0 Å². The molecule has 1 amide bonds. The standard InChI is InChI=1S/C14H18N2O4/c1-19-13(17)9-12-14(18)16(7-8-20-12)15-10-11-5-3-2-4-6-11/h2-6,12,15H,7-10H2,1H3/t12-/m1/s1. The maximum Gasteiger partial charge on any atom is 0.308 e. The van der Waals surface area contributed by atoms with E-state index in [-0.39, 0.29) is 12.3 Å². The monoisotopic (exact) mass is 278 g/mol. The van der Waals surface area contributed by atoms with Crippen molar-refractivity contribution in [3.05, 3.63) is 35.9 Å². The maximum absolute atomic E-state index is 12.1. The van der Waals surface area contributed by atoms with Crippen molar-refractivity contribution in [3.8, 4) is 0 Å². The summed E-state index contributed by atoms with van der Waals surface area (Å²) in [6.45, 7) is 1.41. The number of morpholine rings is 1. The number of carbonyl (C=O) groups excluding carboxylic acids is 2. The molecule has 1 atom stereocenters. The van der Waals surface area contributed by atoms with Gasteiger partial charge < -0.3 is 9.47 Å². The molecular formula is C14H18N2O4. The average molecular weight is 278 g/mol. The van der Waals surface area contributed by atoms with Gasteiger partial charge in [-0.05, 0) is 5.56 Å². The molecule has 0 radical (unpaired) electrons. The van der Waals surface area contributed by atoms with Gasteiger partial charge in [-0.3, -0.25) is 14.6 Å². The fourth-order valence-corrected chi connectivity index (χ4v) is 1.96. The third-order valence-corrected chi connectivity index (χ3v) is 3.07. The van der Waals surface area contributed by atoms with E-state index in [0.29, 0.717) is 19.7 Å². The van der Waals surface area contributed by atoms with Gasteiger partial charge in [0.25, 0.3) is 5.91 Å². The Morgan fingerprint density at radius 3 is 2.90 bits per heavy atom. The summed E-state index contributed by atoms with van der Waals surface area (Å²) in [7, 11) is 1.29. The van der Waals surface area contributed by atoms with Crippen LogP contribution in [0.15, 0.2) is 30.3 Å². The smallest absolute Gasteiger partial charge is 0.308 e. The molecule has 6 heteroatoms. The number of hydrazine groups is 1. The first-order valence-electron chi connectivity index (χ1n) is 6.48. The number of nitrogens with one attached hydrogen (secondary N) is 1. The molecule has 0 spiro atoms. The number of esters is 1. The molecule has 0 aliphatic carbocycles. The van der Waals surface area contributed by atoms with E-state index in [1.54, 1.807) is 0 Å². The van der Waals surface area contributed by atoms with Crippen molar-refractivity contribution in [1.29, 1.82) is 0 Å². The highest BCUT2D eigenvalue weighted by Crippen LogP contribution is 2.10. The topological polar surface area (TPSA) is 67.9 Å². The van der Waals surface area contributed by atoms with Gasteiger partial charge in [0.2, 0.25) is 0 Å². The summed E-state index contributed by atoms with van der Waals surface area (Å²) in [5, 5.41) is 1.50. The van der Waals surface area contributed by atoms with Gasteiger partial charge in [-0.25, -0.2) is 5.43 Å². The van der Waals surface area contributed by atoms with Crippen LogP contribution in [0.3, 0.4) is 0 Å². The second-order valence-corrected chi connectivity index (χ2v) is 4.45. The largest absolute Gasteiger partial charge is 0.469 e. The van der Waals surface area contributed by atoms with E-state index in [1.807, 2.05) is 30.3 Å². The van der Waals surface area contributed by atoms with Gasteiger partial charge in [0.15, 0.2) is 0 Å². The predicted molar refractivity (Wildman–Crippen MR) is 71.4 cm³/mol. The molecule has 1 aliphatic rings. The van der Waals surface area contributed by atoms with Gasteiger partial charge in [-0.1, -0.05) is 30.3 Å². The Kier molecular flexibility index (Phi) is 5.09. The van der Waals surface area contributed by atoms with Crippen LogP contribution in [0.4, 0.5) is 0 Å². The zero-order chi connectivity index (χ0) is 14.4. The second-order valence-electron chi connectivity index (χ2n) is 4.45. The van der Waals surface area contributed by atoms with E-state index >= 15 is 0 Å². The van der Waals surface area contributed by atoms with Crippen molar-refractivity contribution in [1.82, 2.24) is 10.4 Å². The van der Waals surface area contributed by atoms with E-state index in [2.05, 4.69) is 10.2 Å². The Morgan fingerprint density at radius 2 is 2.20 bits per heavy atom. The summed E-state index contributed by atoms with van der Waals surface area (Å²) in [5.74, 6) is -0.689. The summed E-state index contributed by atoms with van der Waals surface area (Å²) in [4.78, 5) is 23.3. The first-order valence-corrected chi connectivity index (χ1v) is 6.48. The third-order valence-electron chi connectivity index (χ3n) is 3.07. The number of carbonyl (C=O) groups is 2. The van der Waals surface area contributed by atoms with E-state index in [1.165, 1.54) is 12.1 Å². The predicted octanol–water partition coefficient (Wildman–Crippen LogP) is 0.482. The molecule has 2 rings (SSSR count). The van der Waals surface area contributed by atoms with E-state index < -0.39 is 12.1 Å². The quantitative estimate of drug-likeness (QED) is 0.794. The normalized spacial score (nSPS) is 18.9. The molecule has 108 valence electrons. The maximum atomic E-state index is 12.1. The van der Waals surface area contributed by atoms with Gasteiger partial charge in [-0.15, -0.1) is 0 Å². The van der Waals surface area contributed by atoms with Crippen LogP contribution >= 0.6 is 0 Å². The van der Waals surface area contributed by atoms with Crippen molar-refractivity contribution in [2.24, 2.45) is 0 Å². The molecule has 6 nitrogen and oxygen atoms in total. The lowest BCUT2D eigenvalue weighted by atomic mass is 10.2. The van der Waals surface area contributed by atoms with Crippen molar-refractivity contribution < 1.29 is 19.1 Å². The van der Waals surface area contributed by atoms with Crippen LogP contribution in [0.5, 0.6) is 0 Å². The molecule has 1 fully saturated rings. The number of nitrogens with zero attached hydrogens (tertiary/aromatic N) is 1. The number of methoxy groups -OCH3 is 1. The highest BCUT2D eigenvalue weighted by Gasteiger charge is 2.31. The fourth-order valence-electron chi connectivity index (χ4n) is 1.96. The van der Waals surface area contributed by atoms with Crippen molar-refractivity contribution in [2.45, 2.75) is 19.1 Å². The molecule has 1 aromatic carbocycles. The number of hydrogen-bond acceptors (Lipinski definition) is 5. The number of amides is 1. The number of hydrogen-bond donors (Lipinski definition) is 1. The minimum atomic E-state index is -0.764. The van der Waals surface area contributed by atoms with Crippen molar-refractivity contribution in [3.63, 3.8) is 0 Å². The zero-order valence-electron chi connectivity index (χ0n) is 11.4. The number of benzene rings is 1. The summed E-state index contributed by atoms with van der Waals surface area (Å²) < 4.78 is 9.87. The van der Waals surface area contributed by atoms with Crippen LogP contribution < -0.4 is 5.43 Å². The van der Waals surface area contributed by atoms with Gasteiger partial charge in [-0.2, -0.15) is 0 Å². The van der Waals surface area contributed by atoms with Crippen molar-refractivity contribution in [2.75, 3.05) is 20.3 Å². The summed E-state index contributed by atoms with van der Waals surface area (Å²) in [5.41, 5.74) is 4.14. The highest BCUT2D eigenvalue weighted by atomic mass is 16.5. The fraction of sp³-hybridized carbons (Fsp3) is 0.429. The molecule has 1 aliphatic heterocycles. The minimum absolute atomic E-state index is 0.0567. The molecule has 1 heterocycles. The van der Waals surface area contributed by atoms with E-state index in [9.17, 15) is 9.59 Å². The lowest BCUT2D eigenvalue weighted by molar-refractivity contribution is -0.164. The Bertz CT molecular complexity index is 464. The Hall–Kier alpha value is -1.92. The molecule has 0 unspecified atom stereocenters. The first kappa shape index (κ1) is 14.5. The van der Waals surface area contributed by atoms with Crippen LogP contribution in [0, 0.1) is 0 Å². The molecule has 1 saturated heterocycles. The van der Waals surface area contributed by atoms with E-state index in [4.69, 9.17) is 4.74 Å². The SMILES string of the molecule is COC(=O)C[C@H]1OCCN(NCc2ccccc2)C1=O. The van der Waals surface area contributed by atoms with E-state index in [0.717, 1.165) is 5.56 Å². The van der Waals surface area contributed by atoms with Gasteiger partial charge in [0, 0.05) is 6.54 Å². The molecule has 1 N–H and O–H groups in total. The van der Waals surface area contributed by atoms with Crippen LogP contribution in [-0.2, 0) is 25.6 Å². The lowest BCUT2D eigenvalue weighted by Crippen LogP contribution is -2.54. The summed E-state index contributed by atoms with van der Waals surface area (Å²) in [6, 6.07) is 9.78. The third kappa shape index (κ3) is 3.79. The summed E-state index contributed by atoms with van der Waals surface area (Å²) >= 11 is 0. The Balaban J connectivity index is 1.88. The Morgan fingerprint density at radius 1 is 1.45 bits per heavy atom. The molecule has 1 aromatic rings. The summed E-state index contributed by atoms with van der Waals surface area (Å²) in [6.07, 6.45) is -0.821. The lowest BCUT2D eigenvalue weighted by Gasteiger charge is -2.32. The van der Waals surface area contributed by atoms with Crippen LogP contribution in [0.1, 0.15) is 12.0 Å². The molecule has 20 heavy (non-hydrogen) atoms. The van der Waals surface area contributed by atoms with Gasteiger partial charge >= 0.3 is 5.97 Å². The highest BCUT2D eigenvalue weighted by molar-refractivity contribution is 5.85. The number of ether oxygens (including phenoxy) is 2. The van der Waals surface area contributed by atoms with Crippen molar-refractivity contribution >= 4 is 11.9 Å². The zero-order valence-corrected chi connectivity index (χ0v) is 11.4. The van der Waals surface area contributed by atoms with Crippen LogP contribution in [-0.4, -0.2) is 43.3 Å². The van der Waals surface area contributed by atoms with Gasteiger partial charge in [0.05, 0.1) is 26.7 Å². The number of rotatable bonds is 5. The van der Waals surface area contributed by atoms with Gasteiger partial charge in [0.1, 0.15) is 6.10 Å². The molecule has 0 aromatic heterocycles. The average Bonchev–Trinajstić information content (AvgIpc) is 2.49. The minimum Gasteiger partial charge on any atom is -0.469 e. The second kappa shape index (κ2) is 7.02. The molecule has 0 bridgehead atoms. The Labute approximate surface area is 117 Å². The first-order chi connectivity index (χ1) is 9.70. The molecular weight excluding hydrogens is 260 g/mol. The van der Waals surface area contributed by atoms with Crippen LogP contribution in [0.25, 0.3) is 0 Å².